The molecule has 1 aromatic carbocycles. The van der Waals surface area contributed by atoms with Gasteiger partial charge in [-0.15, -0.1) is 5.10 Å². The number of anilines is 1. The van der Waals surface area contributed by atoms with Gasteiger partial charge in [-0.2, -0.15) is 0 Å². The quantitative estimate of drug-likeness (QED) is 0.881. The van der Waals surface area contributed by atoms with Crippen molar-refractivity contribution in [3.8, 4) is 0 Å². The molecule has 1 N–H and O–H groups in total. The lowest BCUT2D eigenvalue weighted by atomic mass is 10.2. The predicted octanol–water partition coefficient (Wildman–Crippen LogP) is 0.793. The number of fused-ring (bicyclic) bond motifs is 1. The van der Waals surface area contributed by atoms with E-state index in [0.717, 1.165) is 56.7 Å². The van der Waals surface area contributed by atoms with Crippen LogP contribution < -0.4 is 10.2 Å². The second-order valence-corrected chi connectivity index (χ2v) is 5.88. The summed E-state index contributed by atoms with van der Waals surface area (Å²) in [6.45, 7) is 6.21. The molecule has 0 unspecified atom stereocenters. The van der Waals surface area contributed by atoms with Crippen LogP contribution in [0.4, 0.5) is 5.69 Å². The van der Waals surface area contributed by atoms with Crippen LogP contribution in [-0.2, 0) is 6.54 Å². The SMILES string of the molecule is CN(C)CCCn1nnc2cc(N3CCNCC3)ccc21. The normalized spacial score (nSPS) is 16.0. The fraction of sp³-hybridized carbons (Fsp3) is 0.600. The average Bonchev–Trinajstić information content (AvgIpc) is 2.90. The highest BCUT2D eigenvalue weighted by Gasteiger charge is 2.12. The van der Waals surface area contributed by atoms with Crippen molar-refractivity contribution >= 4 is 16.7 Å². The van der Waals surface area contributed by atoms with Gasteiger partial charge in [-0.1, -0.05) is 5.21 Å². The zero-order valence-electron chi connectivity index (χ0n) is 12.9. The third-order valence-electron chi connectivity index (χ3n) is 3.95. The molecule has 6 heteroatoms. The van der Waals surface area contributed by atoms with Crippen molar-refractivity contribution in [1.82, 2.24) is 25.2 Å². The van der Waals surface area contributed by atoms with Crippen molar-refractivity contribution in [3.05, 3.63) is 18.2 Å². The first kappa shape index (κ1) is 14.3. The number of hydrogen-bond acceptors (Lipinski definition) is 5. The van der Waals surface area contributed by atoms with Gasteiger partial charge in [-0.05, 0) is 45.3 Å². The van der Waals surface area contributed by atoms with Gasteiger partial charge in [0, 0.05) is 38.4 Å². The van der Waals surface area contributed by atoms with E-state index < -0.39 is 0 Å². The maximum absolute atomic E-state index is 4.33. The third kappa shape index (κ3) is 3.33. The molecule has 0 amide bonds. The standard InChI is InChI=1S/C15H24N6/c1-19(2)8-3-9-21-15-5-4-13(12-14(15)17-18-21)20-10-6-16-7-11-20/h4-5,12,16H,3,6-11H2,1-2H3. The van der Waals surface area contributed by atoms with E-state index in [1.807, 2.05) is 4.68 Å². The Morgan fingerprint density at radius 3 is 2.81 bits per heavy atom. The van der Waals surface area contributed by atoms with E-state index in [1.165, 1.54) is 5.69 Å². The molecule has 0 saturated carbocycles. The lowest BCUT2D eigenvalue weighted by Gasteiger charge is -2.29. The number of nitrogens with zero attached hydrogens (tertiary/aromatic N) is 5. The predicted molar refractivity (Wildman–Crippen MR) is 85.8 cm³/mol. The number of aryl methyl sites for hydroxylation is 1. The van der Waals surface area contributed by atoms with Gasteiger partial charge in [-0.3, -0.25) is 0 Å². The molecule has 1 saturated heterocycles. The summed E-state index contributed by atoms with van der Waals surface area (Å²) in [6, 6.07) is 6.51. The Labute approximate surface area is 125 Å². The Kier molecular flexibility index (Phi) is 4.36. The molecule has 0 aliphatic carbocycles. The number of nitrogens with one attached hydrogen (secondary N) is 1. The number of aromatic nitrogens is 3. The molecule has 3 rings (SSSR count). The number of hydrogen-bond donors (Lipinski definition) is 1. The molecule has 2 heterocycles. The molecular weight excluding hydrogens is 264 g/mol. The smallest absolute Gasteiger partial charge is 0.115 e. The maximum atomic E-state index is 4.33. The maximum Gasteiger partial charge on any atom is 0.115 e. The fourth-order valence-corrected chi connectivity index (χ4v) is 2.78. The number of piperazine rings is 1. The lowest BCUT2D eigenvalue weighted by molar-refractivity contribution is 0.381. The summed E-state index contributed by atoms with van der Waals surface area (Å²) in [7, 11) is 4.19. The largest absolute Gasteiger partial charge is 0.369 e. The summed E-state index contributed by atoms with van der Waals surface area (Å²) >= 11 is 0. The van der Waals surface area contributed by atoms with Crippen molar-refractivity contribution in [2.75, 3.05) is 51.7 Å². The van der Waals surface area contributed by atoms with Crippen LogP contribution in [0, 0.1) is 0 Å². The zero-order chi connectivity index (χ0) is 14.7. The van der Waals surface area contributed by atoms with Crippen LogP contribution in [-0.4, -0.2) is 66.7 Å². The molecule has 1 fully saturated rings. The summed E-state index contributed by atoms with van der Waals surface area (Å²) in [5.41, 5.74) is 3.38. The summed E-state index contributed by atoms with van der Waals surface area (Å²) in [4.78, 5) is 4.60. The summed E-state index contributed by atoms with van der Waals surface area (Å²) in [5, 5.41) is 12.0. The Morgan fingerprint density at radius 1 is 1.24 bits per heavy atom. The van der Waals surface area contributed by atoms with Crippen molar-refractivity contribution in [2.24, 2.45) is 0 Å². The number of rotatable bonds is 5. The van der Waals surface area contributed by atoms with E-state index in [1.54, 1.807) is 0 Å². The highest BCUT2D eigenvalue weighted by molar-refractivity contribution is 5.79. The Morgan fingerprint density at radius 2 is 2.05 bits per heavy atom. The van der Waals surface area contributed by atoms with Crippen LogP contribution in [0.25, 0.3) is 11.0 Å². The second-order valence-electron chi connectivity index (χ2n) is 5.88. The molecule has 2 aromatic rings. The van der Waals surface area contributed by atoms with E-state index in [-0.39, 0.29) is 0 Å². The van der Waals surface area contributed by atoms with E-state index in [0.29, 0.717) is 0 Å². The highest BCUT2D eigenvalue weighted by Crippen LogP contribution is 2.21. The molecule has 114 valence electrons. The minimum absolute atomic E-state index is 0.918. The van der Waals surface area contributed by atoms with Gasteiger partial charge in [0.25, 0.3) is 0 Å². The van der Waals surface area contributed by atoms with Crippen LogP contribution in [0.5, 0.6) is 0 Å². The van der Waals surface area contributed by atoms with E-state index in [9.17, 15) is 0 Å². The Hall–Kier alpha value is -1.66. The molecular formula is C15H24N6. The van der Waals surface area contributed by atoms with Crippen LogP contribution >= 0.6 is 0 Å². The molecule has 1 aliphatic rings. The van der Waals surface area contributed by atoms with Gasteiger partial charge < -0.3 is 15.1 Å². The van der Waals surface area contributed by atoms with Crippen molar-refractivity contribution in [3.63, 3.8) is 0 Å². The summed E-state index contributed by atoms with van der Waals surface area (Å²) in [6.07, 6.45) is 1.09. The molecule has 0 atom stereocenters. The van der Waals surface area contributed by atoms with Crippen LogP contribution in [0.15, 0.2) is 18.2 Å². The Balaban J connectivity index is 1.74. The van der Waals surface area contributed by atoms with Crippen LogP contribution in [0.3, 0.4) is 0 Å². The minimum Gasteiger partial charge on any atom is -0.369 e. The van der Waals surface area contributed by atoms with Gasteiger partial charge in [0.2, 0.25) is 0 Å². The van der Waals surface area contributed by atoms with Gasteiger partial charge in [-0.25, -0.2) is 4.68 Å². The van der Waals surface area contributed by atoms with E-state index >= 15 is 0 Å². The number of benzene rings is 1. The monoisotopic (exact) mass is 288 g/mol. The van der Waals surface area contributed by atoms with Gasteiger partial charge >= 0.3 is 0 Å². The van der Waals surface area contributed by atoms with Gasteiger partial charge in [0.05, 0.1) is 5.52 Å². The fourth-order valence-electron chi connectivity index (χ4n) is 2.78. The van der Waals surface area contributed by atoms with Crippen LogP contribution in [0.2, 0.25) is 0 Å². The average molecular weight is 288 g/mol. The topological polar surface area (TPSA) is 49.2 Å². The molecule has 1 aliphatic heterocycles. The van der Waals surface area contributed by atoms with Crippen molar-refractivity contribution < 1.29 is 0 Å². The first-order chi connectivity index (χ1) is 10.2. The van der Waals surface area contributed by atoms with Crippen molar-refractivity contribution in [2.45, 2.75) is 13.0 Å². The molecule has 0 radical (unpaired) electrons. The van der Waals surface area contributed by atoms with Gasteiger partial charge in [0.1, 0.15) is 5.52 Å². The molecule has 21 heavy (non-hydrogen) atoms. The van der Waals surface area contributed by atoms with E-state index in [2.05, 4.69) is 57.7 Å². The molecule has 6 nitrogen and oxygen atoms in total. The molecule has 0 spiro atoms. The van der Waals surface area contributed by atoms with Gasteiger partial charge in [0.15, 0.2) is 0 Å². The Bertz CT molecular complexity index is 585. The second kappa shape index (κ2) is 6.41. The summed E-state index contributed by atoms with van der Waals surface area (Å²) < 4.78 is 2.01. The van der Waals surface area contributed by atoms with Crippen molar-refractivity contribution in [1.29, 1.82) is 0 Å². The summed E-state index contributed by atoms with van der Waals surface area (Å²) in [5.74, 6) is 0. The highest BCUT2D eigenvalue weighted by atomic mass is 15.4. The first-order valence-electron chi connectivity index (χ1n) is 7.68. The van der Waals surface area contributed by atoms with E-state index in [4.69, 9.17) is 0 Å². The third-order valence-corrected chi connectivity index (χ3v) is 3.95. The minimum atomic E-state index is 0.918. The zero-order valence-corrected chi connectivity index (χ0v) is 12.9. The molecule has 0 bridgehead atoms. The molecule has 1 aromatic heterocycles. The lowest BCUT2D eigenvalue weighted by Crippen LogP contribution is -2.43. The van der Waals surface area contributed by atoms with Crippen LogP contribution in [0.1, 0.15) is 6.42 Å². The first-order valence-corrected chi connectivity index (χ1v) is 7.68.